The van der Waals surface area contributed by atoms with Crippen LogP contribution in [-0.2, 0) is 0 Å². The average Bonchev–Trinajstić information content (AvgIpc) is 2.44. The second kappa shape index (κ2) is 4.85. The van der Waals surface area contributed by atoms with Gasteiger partial charge in [0.2, 0.25) is 0 Å². The second-order valence-electron chi connectivity index (χ2n) is 4.89. The number of benzene rings is 3. The first-order chi connectivity index (χ1) is 9.63. The number of para-hydroxylation sites is 1. The van der Waals surface area contributed by atoms with Crippen LogP contribution >= 0.6 is 0 Å². The molecule has 0 radical (unpaired) electrons. The molecular weight excluding hydrogens is 251 g/mol. The van der Waals surface area contributed by atoms with Crippen LogP contribution in [0.3, 0.4) is 0 Å². The lowest BCUT2D eigenvalue weighted by Gasteiger charge is -2.10. The topological polar surface area (TPSA) is 38.0 Å². The van der Waals surface area contributed by atoms with Crippen LogP contribution in [0.15, 0.2) is 54.6 Å². The zero-order valence-corrected chi connectivity index (χ0v) is 11.2. The molecule has 0 aliphatic rings. The van der Waals surface area contributed by atoms with Crippen molar-refractivity contribution in [1.29, 1.82) is 0 Å². The zero-order chi connectivity index (χ0) is 14.1. The number of hydrogen-bond donors (Lipinski definition) is 2. The summed E-state index contributed by atoms with van der Waals surface area (Å²) in [6.07, 6.45) is 0. The molecule has 0 spiro atoms. The van der Waals surface area contributed by atoms with Crippen molar-refractivity contribution in [1.82, 2.24) is 0 Å². The standard InChI is InChI=1S/C17H15FN2/c1-11-5-6-13-10-14(8-7-12(13)9-11)20-16-4-2-3-15(18)17(16)19/h2-10,20H,19H2,1H3. The van der Waals surface area contributed by atoms with E-state index in [0.29, 0.717) is 5.69 Å². The molecule has 3 heteroatoms. The van der Waals surface area contributed by atoms with Gasteiger partial charge in [0.05, 0.1) is 11.4 Å². The highest BCUT2D eigenvalue weighted by molar-refractivity contribution is 5.87. The van der Waals surface area contributed by atoms with E-state index in [4.69, 9.17) is 5.73 Å². The van der Waals surface area contributed by atoms with E-state index in [-0.39, 0.29) is 5.69 Å². The van der Waals surface area contributed by atoms with Gasteiger partial charge >= 0.3 is 0 Å². The molecule has 0 atom stereocenters. The SMILES string of the molecule is Cc1ccc2cc(Nc3cccc(F)c3N)ccc2c1. The van der Waals surface area contributed by atoms with Gasteiger partial charge in [-0.05, 0) is 42.0 Å². The lowest BCUT2D eigenvalue weighted by Crippen LogP contribution is -1.98. The zero-order valence-electron chi connectivity index (χ0n) is 11.2. The summed E-state index contributed by atoms with van der Waals surface area (Å²) in [6, 6.07) is 17.1. The van der Waals surface area contributed by atoms with Gasteiger partial charge in [0.25, 0.3) is 0 Å². The molecule has 0 aromatic heterocycles. The predicted molar refractivity (Wildman–Crippen MR) is 82.8 cm³/mol. The molecule has 0 bridgehead atoms. The van der Waals surface area contributed by atoms with Gasteiger partial charge in [0, 0.05) is 5.69 Å². The maximum atomic E-state index is 13.4. The third-order valence-electron chi connectivity index (χ3n) is 3.33. The summed E-state index contributed by atoms with van der Waals surface area (Å²) in [4.78, 5) is 0. The Kier molecular flexibility index (Phi) is 3.03. The van der Waals surface area contributed by atoms with Crippen molar-refractivity contribution in [3.05, 3.63) is 66.0 Å². The Bertz CT molecular complexity index is 781. The Labute approximate surface area is 117 Å². The number of halogens is 1. The lowest BCUT2D eigenvalue weighted by atomic mass is 10.1. The number of fused-ring (bicyclic) bond motifs is 1. The average molecular weight is 266 g/mol. The van der Waals surface area contributed by atoms with E-state index in [2.05, 4.69) is 30.4 Å². The Morgan fingerprint density at radius 2 is 1.70 bits per heavy atom. The van der Waals surface area contributed by atoms with E-state index in [9.17, 15) is 4.39 Å². The van der Waals surface area contributed by atoms with Crippen LogP contribution in [0, 0.1) is 12.7 Å². The molecule has 100 valence electrons. The van der Waals surface area contributed by atoms with Crippen molar-refractivity contribution in [3.8, 4) is 0 Å². The smallest absolute Gasteiger partial charge is 0.148 e. The normalized spacial score (nSPS) is 10.7. The van der Waals surface area contributed by atoms with E-state index in [1.54, 1.807) is 12.1 Å². The first-order valence-electron chi connectivity index (χ1n) is 6.45. The van der Waals surface area contributed by atoms with Gasteiger partial charge in [-0.2, -0.15) is 0 Å². The molecule has 0 aliphatic heterocycles. The molecule has 0 unspecified atom stereocenters. The maximum Gasteiger partial charge on any atom is 0.148 e. The number of nitrogens with one attached hydrogen (secondary N) is 1. The first-order valence-corrected chi connectivity index (χ1v) is 6.45. The largest absolute Gasteiger partial charge is 0.395 e. The number of nitrogens with two attached hydrogens (primary N) is 1. The van der Waals surface area contributed by atoms with Gasteiger partial charge in [-0.15, -0.1) is 0 Å². The molecule has 0 amide bonds. The third-order valence-corrected chi connectivity index (χ3v) is 3.33. The Balaban J connectivity index is 1.99. The number of rotatable bonds is 2. The van der Waals surface area contributed by atoms with E-state index in [1.807, 2.05) is 18.2 Å². The summed E-state index contributed by atoms with van der Waals surface area (Å²) in [6.45, 7) is 2.07. The van der Waals surface area contributed by atoms with Crippen LogP contribution in [0.25, 0.3) is 10.8 Å². The Hall–Kier alpha value is -2.55. The number of aryl methyl sites for hydroxylation is 1. The summed E-state index contributed by atoms with van der Waals surface area (Å²) in [7, 11) is 0. The van der Waals surface area contributed by atoms with Gasteiger partial charge in [-0.1, -0.05) is 35.9 Å². The molecule has 3 aromatic rings. The van der Waals surface area contributed by atoms with Crippen molar-refractivity contribution in [2.45, 2.75) is 6.92 Å². The van der Waals surface area contributed by atoms with Crippen LogP contribution in [0.1, 0.15) is 5.56 Å². The molecule has 0 saturated carbocycles. The molecule has 0 aliphatic carbocycles. The number of hydrogen-bond acceptors (Lipinski definition) is 2. The van der Waals surface area contributed by atoms with Crippen molar-refractivity contribution < 1.29 is 4.39 Å². The Morgan fingerprint density at radius 1 is 0.950 bits per heavy atom. The highest BCUT2D eigenvalue weighted by Gasteiger charge is 2.05. The highest BCUT2D eigenvalue weighted by Crippen LogP contribution is 2.27. The molecule has 3 N–H and O–H groups in total. The fraction of sp³-hybridized carbons (Fsp3) is 0.0588. The van der Waals surface area contributed by atoms with Crippen LogP contribution in [0.2, 0.25) is 0 Å². The Morgan fingerprint density at radius 3 is 2.55 bits per heavy atom. The molecule has 2 nitrogen and oxygen atoms in total. The van der Waals surface area contributed by atoms with E-state index in [0.717, 1.165) is 11.1 Å². The molecule has 20 heavy (non-hydrogen) atoms. The summed E-state index contributed by atoms with van der Waals surface area (Å²) in [5.41, 5.74) is 8.56. The van der Waals surface area contributed by atoms with Crippen molar-refractivity contribution in [2.24, 2.45) is 0 Å². The van der Waals surface area contributed by atoms with Crippen molar-refractivity contribution in [3.63, 3.8) is 0 Å². The van der Waals surface area contributed by atoms with Gasteiger partial charge in [0.15, 0.2) is 0 Å². The minimum atomic E-state index is -0.411. The maximum absolute atomic E-state index is 13.4. The fourth-order valence-corrected chi connectivity index (χ4v) is 2.24. The third kappa shape index (κ3) is 2.30. The minimum absolute atomic E-state index is 0.136. The molecule has 3 aromatic carbocycles. The van der Waals surface area contributed by atoms with E-state index in [1.165, 1.54) is 17.0 Å². The quantitative estimate of drug-likeness (QED) is 0.664. The minimum Gasteiger partial charge on any atom is -0.395 e. The number of nitrogen functional groups attached to an aromatic ring is 1. The summed E-state index contributed by atoms with van der Waals surface area (Å²) >= 11 is 0. The molecule has 3 rings (SSSR count). The summed E-state index contributed by atoms with van der Waals surface area (Å²) in [5, 5.41) is 5.47. The van der Waals surface area contributed by atoms with Crippen LogP contribution in [0.4, 0.5) is 21.5 Å². The molecule has 0 saturated heterocycles. The van der Waals surface area contributed by atoms with Crippen molar-refractivity contribution >= 4 is 27.8 Å². The molecule has 0 fully saturated rings. The molecule has 0 heterocycles. The van der Waals surface area contributed by atoms with E-state index >= 15 is 0 Å². The van der Waals surface area contributed by atoms with Gasteiger partial charge in [-0.25, -0.2) is 4.39 Å². The fourth-order valence-electron chi connectivity index (χ4n) is 2.24. The van der Waals surface area contributed by atoms with E-state index < -0.39 is 5.82 Å². The number of anilines is 3. The lowest BCUT2D eigenvalue weighted by molar-refractivity contribution is 0.633. The predicted octanol–water partition coefficient (Wildman–Crippen LogP) is 4.61. The van der Waals surface area contributed by atoms with Crippen LogP contribution < -0.4 is 11.1 Å². The van der Waals surface area contributed by atoms with Crippen LogP contribution in [-0.4, -0.2) is 0 Å². The molecular formula is C17H15FN2. The highest BCUT2D eigenvalue weighted by atomic mass is 19.1. The summed E-state index contributed by atoms with van der Waals surface area (Å²) < 4.78 is 13.4. The van der Waals surface area contributed by atoms with Gasteiger partial charge in [-0.3, -0.25) is 0 Å². The second-order valence-corrected chi connectivity index (χ2v) is 4.89. The van der Waals surface area contributed by atoms with Gasteiger partial charge < -0.3 is 11.1 Å². The van der Waals surface area contributed by atoms with Gasteiger partial charge in [0.1, 0.15) is 5.82 Å². The summed E-state index contributed by atoms with van der Waals surface area (Å²) in [5.74, 6) is -0.411. The van der Waals surface area contributed by atoms with Crippen LogP contribution in [0.5, 0.6) is 0 Å². The monoisotopic (exact) mass is 266 g/mol. The van der Waals surface area contributed by atoms with Crippen molar-refractivity contribution in [2.75, 3.05) is 11.1 Å². The first kappa shape index (κ1) is 12.5.